The largest absolute Gasteiger partial charge is 0.494 e. The molecule has 0 aromatic heterocycles. The average molecular weight is 276 g/mol. The van der Waals surface area contributed by atoms with Crippen molar-refractivity contribution in [2.75, 3.05) is 7.11 Å². The fourth-order valence-electron chi connectivity index (χ4n) is 2.91. The highest BCUT2D eigenvalue weighted by Gasteiger charge is 2.41. The van der Waals surface area contributed by atoms with Gasteiger partial charge < -0.3 is 9.84 Å². The van der Waals surface area contributed by atoms with Gasteiger partial charge in [0.05, 0.1) is 7.11 Å². The second kappa shape index (κ2) is 4.56. The Kier molecular flexibility index (Phi) is 2.98. The highest BCUT2D eigenvalue weighted by molar-refractivity contribution is 5.48. The summed E-state index contributed by atoms with van der Waals surface area (Å²) in [7, 11) is 1.37. The molecule has 2 aromatic carbocycles. The number of methoxy groups -OCH3 is 1. The van der Waals surface area contributed by atoms with Crippen molar-refractivity contribution in [3.8, 4) is 5.75 Å². The van der Waals surface area contributed by atoms with Gasteiger partial charge in [0.2, 0.25) is 0 Å². The van der Waals surface area contributed by atoms with E-state index in [1.165, 1.54) is 31.4 Å². The number of rotatable bonds is 2. The molecule has 3 rings (SSSR count). The molecule has 1 atom stereocenters. The topological polar surface area (TPSA) is 29.5 Å². The molecule has 0 radical (unpaired) electrons. The average Bonchev–Trinajstić information content (AvgIpc) is 2.79. The van der Waals surface area contributed by atoms with Crippen LogP contribution >= 0.6 is 0 Å². The molecule has 1 aliphatic rings. The van der Waals surface area contributed by atoms with E-state index >= 15 is 0 Å². The van der Waals surface area contributed by atoms with Crippen LogP contribution in [0.4, 0.5) is 8.78 Å². The molecule has 1 unspecified atom stereocenters. The number of ether oxygens (including phenoxy) is 1. The summed E-state index contributed by atoms with van der Waals surface area (Å²) in [6, 6.07) is 9.15. The molecule has 0 amide bonds. The molecule has 1 N–H and O–H groups in total. The molecule has 4 heteroatoms. The maximum absolute atomic E-state index is 14.4. The van der Waals surface area contributed by atoms with E-state index in [2.05, 4.69) is 0 Å². The van der Waals surface area contributed by atoms with Crippen LogP contribution in [0.25, 0.3) is 0 Å². The fourth-order valence-corrected chi connectivity index (χ4v) is 2.91. The lowest BCUT2D eigenvalue weighted by Gasteiger charge is -2.25. The Morgan fingerprint density at radius 2 is 1.80 bits per heavy atom. The number of halogens is 2. The van der Waals surface area contributed by atoms with Gasteiger partial charge in [0.15, 0.2) is 11.6 Å². The third-order valence-electron chi connectivity index (χ3n) is 3.93. The van der Waals surface area contributed by atoms with Gasteiger partial charge >= 0.3 is 0 Å². The maximum Gasteiger partial charge on any atom is 0.171 e. The summed E-state index contributed by atoms with van der Waals surface area (Å²) in [5.74, 6) is -0.892. The zero-order valence-electron chi connectivity index (χ0n) is 11.0. The summed E-state index contributed by atoms with van der Waals surface area (Å²) >= 11 is 0. The van der Waals surface area contributed by atoms with Crippen molar-refractivity contribution in [1.82, 2.24) is 0 Å². The molecular formula is C16H14F2O2. The van der Waals surface area contributed by atoms with Crippen LogP contribution in [0.15, 0.2) is 36.4 Å². The molecular weight excluding hydrogens is 262 g/mol. The molecule has 0 saturated carbocycles. The standard InChI is InChI=1S/C16H14F2O2/c1-20-14-7-3-5-12(15(14)18)16(19)9-8-10-11(16)4-2-6-13(10)17/h2-7,19H,8-9H2,1H3. The first-order valence-electron chi connectivity index (χ1n) is 6.41. The van der Waals surface area contributed by atoms with Crippen LogP contribution in [0, 0.1) is 11.6 Å². The summed E-state index contributed by atoms with van der Waals surface area (Å²) in [4.78, 5) is 0. The Morgan fingerprint density at radius 3 is 2.55 bits per heavy atom. The Labute approximate surface area is 115 Å². The molecule has 0 heterocycles. The van der Waals surface area contributed by atoms with Crippen molar-refractivity contribution < 1.29 is 18.6 Å². The zero-order valence-corrected chi connectivity index (χ0v) is 11.0. The summed E-state index contributed by atoms with van der Waals surface area (Å²) in [6.07, 6.45) is 0.641. The lowest BCUT2D eigenvalue weighted by molar-refractivity contribution is 0.0782. The van der Waals surface area contributed by atoms with E-state index in [0.29, 0.717) is 17.5 Å². The second-order valence-corrected chi connectivity index (χ2v) is 4.95. The summed E-state index contributed by atoms with van der Waals surface area (Å²) in [6.45, 7) is 0. The molecule has 20 heavy (non-hydrogen) atoms. The number of fused-ring (bicyclic) bond motifs is 1. The van der Waals surface area contributed by atoms with Gasteiger partial charge in [-0.15, -0.1) is 0 Å². The normalized spacial score (nSPS) is 20.8. The predicted molar refractivity (Wildman–Crippen MR) is 70.7 cm³/mol. The minimum Gasteiger partial charge on any atom is -0.494 e. The van der Waals surface area contributed by atoms with Crippen molar-refractivity contribution in [3.63, 3.8) is 0 Å². The van der Waals surface area contributed by atoms with Gasteiger partial charge in [-0.1, -0.05) is 24.3 Å². The monoisotopic (exact) mass is 276 g/mol. The Hall–Kier alpha value is -1.94. The maximum atomic E-state index is 14.4. The van der Waals surface area contributed by atoms with E-state index in [1.807, 2.05) is 0 Å². The van der Waals surface area contributed by atoms with Crippen LogP contribution in [-0.4, -0.2) is 12.2 Å². The third-order valence-corrected chi connectivity index (χ3v) is 3.93. The number of benzene rings is 2. The van der Waals surface area contributed by atoms with Gasteiger partial charge in [-0.3, -0.25) is 0 Å². The van der Waals surface area contributed by atoms with Crippen LogP contribution in [0.5, 0.6) is 5.75 Å². The van der Waals surface area contributed by atoms with E-state index in [9.17, 15) is 13.9 Å². The lowest BCUT2D eigenvalue weighted by atomic mass is 9.87. The van der Waals surface area contributed by atoms with Crippen molar-refractivity contribution in [3.05, 3.63) is 64.7 Å². The van der Waals surface area contributed by atoms with Crippen LogP contribution < -0.4 is 4.74 Å². The van der Waals surface area contributed by atoms with Crippen LogP contribution in [-0.2, 0) is 12.0 Å². The van der Waals surface area contributed by atoms with Gasteiger partial charge in [-0.05, 0) is 36.1 Å². The second-order valence-electron chi connectivity index (χ2n) is 4.95. The molecule has 0 bridgehead atoms. The summed E-state index contributed by atoms with van der Waals surface area (Å²) in [5.41, 5.74) is -0.487. The zero-order chi connectivity index (χ0) is 14.3. The van der Waals surface area contributed by atoms with Crippen molar-refractivity contribution in [1.29, 1.82) is 0 Å². The van der Waals surface area contributed by atoms with Gasteiger partial charge in [-0.25, -0.2) is 8.78 Å². The molecule has 0 aliphatic heterocycles. The molecule has 1 aliphatic carbocycles. The quantitative estimate of drug-likeness (QED) is 0.913. The van der Waals surface area contributed by atoms with Crippen LogP contribution in [0.2, 0.25) is 0 Å². The molecule has 0 spiro atoms. The van der Waals surface area contributed by atoms with E-state index in [1.54, 1.807) is 12.1 Å². The van der Waals surface area contributed by atoms with Gasteiger partial charge in [0.25, 0.3) is 0 Å². The minimum absolute atomic E-state index is 0.0702. The predicted octanol–water partition coefficient (Wildman–Crippen LogP) is 3.16. The van der Waals surface area contributed by atoms with Gasteiger partial charge in [-0.2, -0.15) is 0 Å². The van der Waals surface area contributed by atoms with E-state index in [4.69, 9.17) is 4.74 Å². The first kappa shape index (κ1) is 13.1. The minimum atomic E-state index is -1.50. The van der Waals surface area contributed by atoms with Crippen molar-refractivity contribution in [2.24, 2.45) is 0 Å². The molecule has 104 valence electrons. The van der Waals surface area contributed by atoms with Crippen LogP contribution in [0.3, 0.4) is 0 Å². The van der Waals surface area contributed by atoms with Crippen molar-refractivity contribution in [2.45, 2.75) is 18.4 Å². The first-order valence-corrected chi connectivity index (χ1v) is 6.41. The van der Waals surface area contributed by atoms with Crippen LogP contribution in [0.1, 0.15) is 23.1 Å². The van der Waals surface area contributed by atoms with Gasteiger partial charge in [0.1, 0.15) is 11.4 Å². The van der Waals surface area contributed by atoms with E-state index in [0.717, 1.165) is 0 Å². The Balaban J connectivity index is 2.20. The molecule has 2 aromatic rings. The Bertz CT molecular complexity index is 670. The highest BCUT2D eigenvalue weighted by Crippen LogP contribution is 2.44. The first-order chi connectivity index (χ1) is 9.58. The summed E-state index contributed by atoms with van der Waals surface area (Å²) < 4.78 is 33.1. The van der Waals surface area contributed by atoms with E-state index in [-0.39, 0.29) is 23.6 Å². The summed E-state index contributed by atoms with van der Waals surface area (Å²) in [5, 5.41) is 10.9. The third kappa shape index (κ3) is 1.72. The molecule has 0 fully saturated rings. The van der Waals surface area contributed by atoms with Gasteiger partial charge in [0, 0.05) is 5.56 Å². The molecule has 2 nitrogen and oxygen atoms in total. The SMILES string of the molecule is COc1cccc(C2(O)CCc3c(F)cccc32)c1F. The highest BCUT2D eigenvalue weighted by atomic mass is 19.1. The van der Waals surface area contributed by atoms with Crippen molar-refractivity contribution >= 4 is 0 Å². The smallest absolute Gasteiger partial charge is 0.171 e. The number of hydrogen-bond donors (Lipinski definition) is 1. The number of aliphatic hydroxyl groups is 1. The fraction of sp³-hybridized carbons (Fsp3) is 0.250. The lowest BCUT2D eigenvalue weighted by Crippen LogP contribution is -2.25. The molecule has 0 saturated heterocycles. The number of hydrogen-bond acceptors (Lipinski definition) is 2. The van der Waals surface area contributed by atoms with E-state index < -0.39 is 11.4 Å². The Morgan fingerprint density at radius 1 is 1.10 bits per heavy atom.